The van der Waals surface area contributed by atoms with Gasteiger partial charge in [0.1, 0.15) is 5.82 Å². The molecule has 19 heavy (non-hydrogen) atoms. The smallest absolute Gasteiger partial charge is 0.230 e. The molecule has 1 aromatic carbocycles. The van der Waals surface area contributed by atoms with Gasteiger partial charge < -0.3 is 10.4 Å². The van der Waals surface area contributed by atoms with Gasteiger partial charge in [0.05, 0.1) is 11.5 Å². The molecule has 0 radical (unpaired) electrons. The second-order valence-corrected chi connectivity index (χ2v) is 5.70. The summed E-state index contributed by atoms with van der Waals surface area (Å²) >= 11 is 0. The van der Waals surface area contributed by atoms with Crippen LogP contribution in [0.2, 0.25) is 0 Å². The van der Waals surface area contributed by atoms with Crippen LogP contribution in [-0.2, 0) is 10.2 Å². The summed E-state index contributed by atoms with van der Waals surface area (Å²) in [6, 6.07) is 6.14. The molecular formula is C15H18FNO2. The van der Waals surface area contributed by atoms with Crippen molar-refractivity contribution in [3.05, 3.63) is 35.6 Å². The average molecular weight is 263 g/mol. The van der Waals surface area contributed by atoms with Gasteiger partial charge in [-0.15, -0.1) is 0 Å². The number of carbonyl (C=O) groups excluding carboxylic acids is 1. The molecule has 0 aromatic heterocycles. The molecule has 0 saturated heterocycles. The van der Waals surface area contributed by atoms with Crippen LogP contribution in [0, 0.1) is 11.7 Å². The van der Waals surface area contributed by atoms with Gasteiger partial charge in [-0.2, -0.15) is 0 Å². The first kappa shape index (κ1) is 12.6. The van der Waals surface area contributed by atoms with Crippen LogP contribution < -0.4 is 5.32 Å². The summed E-state index contributed by atoms with van der Waals surface area (Å²) in [5.41, 5.74) is 0.379. The van der Waals surface area contributed by atoms with Crippen molar-refractivity contribution in [2.75, 3.05) is 6.54 Å². The van der Waals surface area contributed by atoms with E-state index in [-0.39, 0.29) is 11.7 Å². The maximum absolute atomic E-state index is 12.9. The first-order valence-electron chi connectivity index (χ1n) is 6.84. The second-order valence-electron chi connectivity index (χ2n) is 5.70. The summed E-state index contributed by atoms with van der Waals surface area (Å²) in [6.45, 7) is 0.326. The lowest BCUT2D eigenvalue weighted by atomic mass is 9.95. The van der Waals surface area contributed by atoms with Gasteiger partial charge in [-0.1, -0.05) is 12.1 Å². The lowest BCUT2D eigenvalue weighted by Crippen LogP contribution is -2.39. The van der Waals surface area contributed by atoms with E-state index in [1.807, 2.05) is 0 Å². The largest absolute Gasteiger partial charge is 0.391 e. The van der Waals surface area contributed by atoms with Crippen LogP contribution in [0.1, 0.15) is 31.2 Å². The Kier molecular flexibility index (Phi) is 3.05. The average Bonchev–Trinajstić information content (AvgIpc) is 3.29. The van der Waals surface area contributed by atoms with Crippen molar-refractivity contribution < 1.29 is 14.3 Å². The van der Waals surface area contributed by atoms with E-state index >= 15 is 0 Å². The normalized spacial score (nSPS) is 21.8. The molecule has 0 aliphatic heterocycles. The molecule has 1 unspecified atom stereocenters. The number of hydrogen-bond acceptors (Lipinski definition) is 2. The van der Waals surface area contributed by atoms with Crippen molar-refractivity contribution >= 4 is 5.91 Å². The fourth-order valence-corrected chi connectivity index (χ4v) is 2.55. The highest BCUT2D eigenvalue weighted by molar-refractivity contribution is 5.91. The van der Waals surface area contributed by atoms with Crippen molar-refractivity contribution in [1.82, 2.24) is 5.32 Å². The predicted molar refractivity (Wildman–Crippen MR) is 69.1 cm³/mol. The second kappa shape index (κ2) is 4.60. The van der Waals surface area contributed by atoms with Gasteiger partial charge in [0.25, 0.3) is 0 Å². The van der Waals surface area contributed by atoms with Crippen LogP contribution in [0.5, 0.6) is 0 Å². The molecule has 0 spiro atoms. The summed E-state index contributed by atoms with van der Waals surface area (Å²) < 4.78 is 12.9. The summed E-state index contributed by atoms with van der Waals surface area (Å²) in [5, 5.41) is 12.6. The summed E-state index contributed by atoms with van der Waals surface area (Å²) in [4.78, 5) is 12.2. The predicted octanol–water partition coefficient (Wildman–Crippen LogP) is 1.74. The van der Waals surface area contributed by atoms with Crippen LogP contribution in [0.15, 0.2) is 24.3 Å². The molecule has 1 aromatic rings. The number of hydrogen-bond donors (Lipinski definition) is 2. The fraction of sp³-hybridized carbons (Fsp3) is 0.533. The monoisotopic (exact) mass is 263 g/mol. The van der Waals surface area contributed by atoms with Gasteiger partial charge in [-0.05, 0) is 49.3 Å². The first-order chi connectivity index (χ1) is 9.12. The fourth-order valence-electron chi connectivity index (χ4n) is 2.55. The lowest BCUT2D eigenvalue weighted by molar-refractivity contribution is -0.124. The van der Waals surface area contributed by atoms with E-state index in [1.165, 1.54) is 12.1 Å². The molecule has 4 heteroatoms. The molecule has 3 rings (SSSR count). The molecule has 2 saturated carbocycles. The molecule has 1 amide bonds. The Labute approximate surface area is 111 Å². The van der Waals surface area contributed by atoms with Crippen LogP contribution >= 0.6 is 0 Å². The van der Waals surface area contributed by atoms with Crippen molar-refractivity contribution in [2.45, 2.75) is 37.2 Å². The van der Waals surface area contributed by atoms with Gasteiger partial charge in [0.15, 0.2) is 0 Å². The van der Waals surface area contributed by atoms with Gasteiger partial charge in [-0.3, -0.25) is 4.79 Å². The molecule has 102 valence electrons. The maximum Gasteiger partial charge on any atom is 0.230 e. The zero-order valence-electron chi connectivity index (χ0n) is 10.7. The minimum Gasteiger partial charge on any atom is -0.391 e. The van der Waals surface area contributed by atoms with Crippen molar-refractivity contribution in [3.8, 4) is 0 Å². The Hall–Kier alpha value is -1.42. The van der Waals surface area contributed by atoms with Crippen LogP contribution in [-0.4, -0.2) is 23.7 Å². The molecule has 0 bridgehead atoms. The number of benzene rings is 1. The Morgan fingerprint density at radius 1 is 1.37 bits per heavy atom. The van der Waals surface area contributed by atoms with E-state index in [0.717, 1.165) is 31.2 Å². The van der Waals surface area contributed by atoms with E-state index in [9.17, 15) is 14.3 Å². The molecular weight excluding hydrogens is 245 g/mol. The minimum atomic E-state index is -0.489. The number of carbonyl (C=O) groups is 1. The molecule has 1 atom stereocenters. The van der Waals surface area contributed by atoms with Crippen molar-refractivity contribution in [1.29, 1.82) is 0 Å². The Bertz CT molecular complexity index is 477. The molecule has 2 fully saturated rings. The van der Waals surface area contributed by atoms with Gasteiger partial charge in [0.2, 0.25) is 5.91 Å². The van der Waals surface area contributed by atoms with Crippen LogP contribution in [0.25, 0.3) is 0 Å². The topological polar surface area (TPSA) is 49.3 Å². The lowest BCUT2D eigenvalue weighted by Gasteiger charge is -2.17. The number of rotatable bonds is 5. The Balaban J connectivity index is 1.63. The quantitative estimate of drug-likeness (QED) is 0.850. The first-order valence-corrected chi connectivity index (χ1v) is 6.84. The molecule has 3 nitrogen and oxygen atoms in total. The molecule has 0 heterocycles. The van der Waals surface area contributed by atoms with Gasteiger partial charge >= 0.3 is 0 Å². The third-order valence-corrected chi connectivity index (χ3v) is 4.22. The third-order valence-electron chi connectivity index (χ3n) is 4.22. The highest BCUT2D eigenvalue weighted by Crippen LogP contribution is 2.48. The number of halogens is 1. The molecule has 2 N–H and O–H groups in total. The van der Waals surface area contributed by atoms with E-state index in [1.54, 1.807) is 12.1 Å². The zero-order chi connectivity index (χ0) is 13.5. The molecule has 2 aliphatic rings. The maximum atomic E-state index is 12.9. The van der Waals surface area contributed by atoms with Gasteiger partial charge in [-0.25, -0.2) is 4.39 Å². The van der Waals surface area contributed by atoms with E-state index in [4.69, 9.17) is 0 Å². The summed E-state index contributed by atoms with van der Waals surface area (Å²) in [6.07, 6.45) is 3.28. The summed E-state index contributed by atoms with van der Waals surface area (Å²) in [5.74, 6) is 0.0317. The van der Waals surface area contributed by atoms with Crippen molar-refractivity contribution in [3.63, 3.8) is 0 Å². The number of nitrogens with one attached hydrogen (secondary N) is 1. The van der Waals surface area contributed by atoms with E-state index in [2.05, 4.69) is 5.32 Å². The third kappa shape index (κ3) is 2.50. The highest BCUT2D eigenvalue weighted by atomic mass is 19.1. The standard InChI is InChI=1S/C15H18FNO2/c16-12-5-3-11(4-6-12)15(7-8-15)14(19)17-9-13(18)10-1-2-10/h3-6,10,13,18H,1-2,7-9H2,(H,17,19). The van der Waals surface area contributed by atoms with E-state index < -0.39 is 11.5 Å². The van der Waals surface area contributed by atoms with Crippen LogP contribution in [0.3, 0.4) is 0 Å². The highest BCUT2D eigenvalue weighted by Gasteiger charge is 2.51. The SMILES string of the molecule is O=C(NCC(O)C1CC1)C1(c2ccc(F)cc2)CC1. The number of aliphatic hydroxyl groups excluding tert-OH is 1. The van der Waals surface area contributed by atoms with Crippen LogP contribution in [0.4, 0.5) is 4.39 Å². The summed E-state index contributed by atoms with van der Waals surface area (Å²) in [7, 11) is 0. The van der Waals surface area contributed by atoms with E-state index in [0.29, 0.717) is 12.5 Å². The number of aliphatic hydroxyl groups is 1. The zero-order valence-corrected chi connectivity index (χ0v) is 10.7. The molecule has 2 aliphatic carbocycles. The minimum absolute atomic E-state index is 0.0428. The Morgan fingerprint density at radius 2 is 2.00 bits per heavy atom. The Morgan fingerprint density at radius 3 is 2.53 bits per heavy atom. The number of amides is 1. The van der Waals surface area contributed by atoms with Crippen molar-refractivity contribution in [2.24, 2.45) is 5.92 Å². The van der Waals surface area contributed by atoms with Gasteiger partial charge in [0, 0.05) is 6.54 Å².